The Morgan fingerprint density at radius 3 is 2.23 bits per heavy atom. The molecule has 0 radical (unpaired) electrons. The summed E-state index contributed by atoms with van der Waals surface area (Å²) < 4.78 is 44.0. The van der Waals surface area contributed by atoms with Crippen LogP contribution in [0.2, 0.25) is 0 Å². The van der Waals surface area contributed by atoms with E-state index in [-0.39, 0.29) is 30.0 Å². The number of carbonyl (C=O) groups excluding carboxylic acids is 1. The smallest absolute Gasteiger partial charge is 0.258 e. The molecular weight excluding hydrogens is 468 g/mol. The van der Waals surface area contributed by atoms with Crippen molar-refractivity contribution in [3.63, 3.8) is 0 Å². The Kier molecular flexibility index (Phi) is 10.2. The number of benzene rings is 2. The zero-order chi connectivity index (χ0) is 25.1. The van der Waals surface area contributed by atoms with Gasteiger partial charge >= 0.3 is 0 Å². The molecule has 2 aromatic carbocycles. The Labute approximate surface area is 208 Å². The molecule has 9 heteroatoms. The van der Waals surface area contributed by atoms with Crippen LogP contribution < -0.4 is 24.2 Å². The van der Waals surface area contributed by atoms with Crippen molar-refractivity contribution < 1.29 is 27.4 Å². The highest BCUT2D eigenvalue weighted by Gasteiger charge is 2.16. The van der Waals surface area contributed by atoms with Gasteiger partial charge in [-0.25, -0.2) is 13.1 Å². The number of amides is 1. The Bertz CT molecular complexity index is 1050. The molecule has 3 rings (SSSR count). The van der Waals surface area contributed by atoms with Crippen molar-refractivity contribution in [2.75, 3.05) is 27.4 Å². The van der Waals surface area contributed by atoms with Crippen LogP contribution in [0.1, 0.15) is 50.5 Å². The fourth-order valence-corrected chi connectivity index (χ4v) is 5.21. The van der Waals surface area contributed by atoms with Crippen molar-refractivity contribution in [2.24, 2.45) is 0 Å². The molecule has 1 saturated carbocycles. The van der Waals surface area contributed by atoms with Crippen molar-refractivity contribution in [3.05, 3.63) is 48.0 Å². The van der Waals surface area contributed by atoms with Gasteiger partial charge in [-0.2, -0.15) is 0 Å². The lowest BCUT2D eigenvalue weighted by Crippen LogP contribution is -2.38. The SMILES string of the molecule is COc1ccc(CCNS(=O)(=O)c2ccc(OCC(=O)NC3CCCCCCC3)cc2)cc1OC. The van der Waals surface area contributed by atoms with Gasteiger partial charge in [0.1, 0.15) is 5.75 Å². The van der Waals surface area contributed by atoms with Crippen LogP contribution in [0.15, 0.2) is 47.4 Å². The molecule has 1 aliphatic rings. The van der Waals surface area contributed by atoms with E-state index < -0.39 is 10.0 Å². The van der Waals surface area contributed by atoms with Gasteiger partial charge in [0.15, 0.2) is 18.1 Å². The molecule has 0 spiro atoms. The summed E-state index contributed by atoms with van der Waals surface area (Å²) in [6.07, 6.45) is 8.54. The van der Waals surface area contributed by atoms with E-state index in [0.717, 1.165) is 31.2 Å². The molecular formula is C26H36N2O6S. The lowest BCUT2D eigenvalue weighted by Gasteiger charge is -2.21. The van der Waals surface area contributed by atoms with Crippen molar-refractivity contribution in [3.8, 4) is 17.2 Å². The molecule has 8 nitrogen and oxygen atoms in total. The van der Waals surface area contributed by atoms with Gasteiger partial charge in [0, 0.05) is 12.6 Å². The van der Waals surface area contributed by atoms with Gasteiger partial charge in [0.05, 0.1) is 19.1 Å². The van der Waals surface area contributed by atoms with Crippen LogP contribution in [-0.4, -0.2) is 47.7 Å². The largest absolute Gasteiger partial charge is 0.493 e. The zero-order valence-electron chi connectivity index (χ0n) is 20.5. The summed E-state index contributed by atoms with van der Waals surface area (Å²) in [7, 11) is -0.549. The molecule has 0 bridgehead atoms. The molecule has 2 aromatic rings. The van der Waals surface area contributed by atoms with Crippen LogP contribution in [0, 0.1) is 0 Å². The minimum atomic E-state index is -3.67. The van der Waals surface area contributed by atoms with Gasteiger partial charge in [-0.1, -0.05) is 38.2 Å². The average Bonchev–Trinajstić information content (AvgIpc) is 2.84. The van der Waals surface area contributed by atoms with Gasteiger partial charge in [-0.05, 0) is 61.2 Å². The first-order valence-corrected chi connectivity index (χ1v) is 13.6. The van der Waals surface area contributed by atoms with Gasteiger partial charge in [0.2, 0.25) is 10.0 Å². The quantitative estimate of drug-likeness (QED) is 0.482. The summed E-state index contributed by atoms with van der Waals surface area (Å²) in [5.74, 6) is 1.52. The number of methoxy groups -OCH3 is 2. The van der Waals surface area contributed by atoms with Crippen molar-refractivity contribution in [2.45, 2.75) is 62.3 Å². The van der Waals surface area contributed by atoms with Crippen LogP contribution in [0.25, 0.3) is 0 Å². The van der Waals surface area contributed by atoms with Crippen LogP contribution in [-0.2, 0) is 21.2 Å². The molecule has 1 fully saturated rings. The Balaban J connectivity index is 1.46. The highest BCUT2D eigenvalue weighted by molar-refractivity contribution is 7.89. The topological polar surface area (TPSA) is 103 Å². The minimum Gasteiger partial charge on any atom is -0.493 e. The molecule has 0 aliphatic heterocycles. The number of sulfonamides is 1. The number of carbonyl (C=O) groups is 1. The lowest BCUT2D eigenvalue weighted by molar-refractivity contribution is -0.123. The van der Waals surface area contributed by atoms with Crippen molar-refractivity contribution in [1.29, 1.82) is 0 Å². The Hall–Kier alpha value is -2.78. The number of rotatable bonds is 11. The Morgan fingerprint density at radius 2 is 1.57 bits per heavy atom. The summed E-state index contributed by atoms with van der Waals surface area (Å²) >= 11 is 0. The van der Waals surface area contributed by atoms with Crippen molar-refractivity contribution in [1.82, 2.24) is 10.0 Å². The van der Waals surface area contributed by atoms with E-state index in [1.54, 1.807) is 32.4 Å². The average molecular weight is 505 g/mol. The van der Waals surface area contributed by atoms with E-state index in [9.17, 15) is 13.2 Å². The summed E-state index contributed by atoms with van der Waals surface area (Å²) in [5.41, 5.74) is 0.923. The maximum Gasteiger partial charge on any atom is 0.258 e. The van der Waals surface area contributed by atoms with E-state index in [1.165, 1.54) is 31.4 Å². The molecule has 192 valence electrons. The second-order valence-corrected chi connectivity index (χ2v) is 10.5. The van der Waals surface area contributed by atoms with E-state index in [1.807, 2.05) is 12.1 Å². The van der Waals surface area contributed by atoms with Crippen LogP contribution in [0.4, 0.5) is 0 Å². The second kappa shape index (κ2) is 13.3. The number of hydrogen-bond donors (Lipinski definition) is 2. The summed E-state index contributed by atoms with van der Waals surface area (Å²) in [6.45, 7) is 0.142. The maximum absolute atomic E-state index is 12.6. The normalized spacial score (nSPS) is 15.0. The summed E-state index contributed by atoms with van der Waals surface area (Å²) in [4.78, 5) is 12.4. The van der Waals surface area contributed by atoms with Gasteiger partial charge < -0.3 is 19.5 Å². The highest BCUT2D eigenvalue weighted by Crippen LogP contribution is 2.27. The number of hydrogen-bond acceptors (Lipinski definition) is 6. The predicted molar refractivity (Wildman–Crippen MR) is 135 cm³/mol. The van der Waals surface area contributed by atoms with Crippen molar-refractivity contribution >= 4 is 15.9 Å². The first kappa shape index (κ1) is 26.8. The highest BCUT2D eigenvalue weighted by atomic mass is 32.2. The molecule has 1 amide bonds. The third-order valence-electron chi connectivity index (χ3n) is 6.13. The third kappa shape index (κ3) is 8.43. The fraction of sp³-hybridized carbons (Fsp3) is 0.500. The third-order valence-corrected chi connectivity index (χ3v) is 7.60. The molecule has 0 heterocycles. The van der Waals surface area contributed by atoms with E-state index >= 15 is 0 Å². The first-order valence-electron chi connectivity index (χ1n) is 12.1. The predicted octanol–water partition coefficient (Wildman–Crippen LogP) is 3.83. The fourth-order valence-electron chi connectivity index (χ4n) is 4.18. The molecule has 0 saturated heterocycles. The second-order valence-electron chi connectivity index (χ2n) is 8.71. The summed E-state index contributed by atoms with van der Waals surface area (Å²) in [6, 6.07) is 11.8. The van der Waals surface area contributed by atoms with Crippen LogP contribution in [0.3, 0.4) is 0 Å². The zero-order valence-corrected chi connectivity index (χ0v) is 21.4. The molecule has 1 aliphatic carbocycles. The van der Waals surface area contributed by atoms with Crippen LogP contribution >= 0.6 is 0 Å². The monoisotopic (exact) mass is 504 g/mol. The minimum absolute atomic E-state index is 0.0911. The molecule has 0 atom stereocenters. The van der Waals surface area contributed by atoms with Gasteiger partial charge in [-0.15, -0.1) is 0 Å². The first-order chi connectivity index (χ1) is 16.9. The van der Waals surface area contributed by atoms with E-state index in [4.69, 9.17) is 14.2 Å². The standard InChI is InChI=1S/C26H36N2O6S/c1-32-24-15-10-20(18-25(24)33-2)16-17-27-35(30,31)23-13-11-22(12-14-23)34-19-26(29)28-21-8-6-4-3-5-7-9-21/h10-15,18,21,27H,3-9,16-17,19H2,1-2H3,(H,28,29). The number of nitrogens with one attached hydrogen (secondary N) is 2. The van der Waals surface area contributed by atoms with Gasteiger partial charge in [0.25, 0.3) is 5.91 Å². The lowest BCUT2D eigenvalue weighted by atomic mass is 9.97. The van der Waals surface area contributed by atoms with Gasteiger partial charge in [-0.3, -0.25) is 4.79 Å². The number of ether oxygens (including phenoxy) is 3. The molecule has 0 unspecified atom stereocenters. The maximum atomic E-state index is 12.6. The molecule has 2 N–H and O–H groups in total. The summed E-state index contributed by atoms with van der Waals surface area (Å²) in [5, 5.41) is 3.06. The molecule has 35 heavy (non-hydrogen) atoms. The van der Waals surface area contributed by atoms with E-state index in [0.29, 0.717) is 23.7 Å². The Morgan fingerprint density at radius 1 is 0.914 bits per heavy atom. The van der Waals surface area contributed by atoms with E-state index in [2.05, 4.69) is 10.0 Å². The molecule has 0 aromatic heterocycles. The van der Waals surface area contributed by atoms with Crippen LogP contribution in [0.5, 0.6) is 17.2 Å².